The van der Waals surface area contributed by atoms with Gasteiger partial charge in [0.25, 0.3) is 0 Å². The molecule has 2 nitrogen and oxygen atoms in total. The van der Waals surface area contributed by atoms with Crippen molar-refractivity contribution in [3.05, 3.63) is 34.3 Å². The van der Waals surface area contributed by atoms with Gasteiger partial charge < -0.3 is 10.1 Å². The zero-order chi connectivity index (χ0) is 12.8. The van der Waals surface area contributed by atoms with Crippen LogP contribution in [0, 0.1) is 0 Å². The molecule has 0 saturated heterocycles. The molecule has 100 valence electrons. The maximum absolute atomic E-state index is 5.04. The third-order valence-corrected chi connectivity index (χ3v) is 4.16. The predicted molar refractivity (Wildman–Crippen MR) is 79.0 cm³/mol. The molecule has 0 heterocycles. The van der Waals surface area contributed by atoms with Gasteiger partial charge in [-0.15, -0.1) is 0 Å². The van der Waals surface area contributed by atoms with Gasteiger partial charge in [0.1, 0.15) is 0 Å². The highest BCUT2D eigenvalue weighted by Gasteiger charge is 2.29. The fourth-order valence-electron chi connectivity index (χ4n) is 2.49. The molecular formula is C15H22BrNO. The minimum atomic E-state index is 0.719. The van der Waals surface area contributed by atoms with Crippen molar-refractivity contribution in [3.8, 4) is 0 Å². The van der Waals surface area contributed by atoms with Crippen LogP contribution in [-0.2, 0) is 4.74 Å². The quantitative estimate of drug-likeness (QED) is 0.775. The Morgan fingerprint density at radius 3 is 2.89 bits per heavy atom. The van der Waals surface area contributed by atoms with Crippen molar-refractivity contribution >= 4 is 15.9 Å². The van der Waals surface area contributed by atoms with Gasteiger partial charge in [-0.2, -0.15) is 0 Å². The Morgan fingerprint density at radius 1 is 1.33 bits per heavy atom. The zero-order valence-corrected chi connectivity index (χ0v) is 12.6. The van der Waals surface area contributed by atoms with Crippen LogP contribution in [0.15, 0.2) is 28.7 Å². The van der Waals surface area contributed by atoms with Crippen LogP contribution in [-0.4, -0.2) is 26.3 Å². The Kier molecular flexibility index (Phi) is 5.67. The molecule has 1 fully saturated rings. The van der Waals surface area contributed by atoms with Crippen LogP contribution >= 0.6 is 15.9 Å². The number of halogens is 1. The summed E-state index contributed by atoms with van der Waals surface area (Å²) in [6.45, 7) is 2.01. The largest absolute Gasteiger partial charge is 0.385 e. The number of ether oxygens (including phenoxy) is 1. The lowest BCUT2D eigenvalue weighted by molar-refractivity contribution is 0.191. The van der Waals surface area contributed by atoms with Crippen LogP contribution in [0.3, 0.4) is 0 Å². The van der Waals surface area contributed by atoms with Crippen LogP contribution in [0.4, 0.5) is 0 Å². The normalized spacial score (nSPS) is 22.8. The van der Waals surface area contributed by atoms with Crippen LogP contribution in [0.2, 0.25) is 0 Å². The van der Waals surface area contributed by atoms with Crippen LogP contribution in [0.1, 0.15) is 37.2 Å². The lowest BCUT2D eigenvalue weighted by atomic mass is 9.76. The highest BCUT2D eigenvalue weighted by atomic mass is 79.9. The van der Waals surface area contributed by atoms with Gasteiger partial charge in [0.2, 0.25) is 0 Å². The highest BCUT2D eigenvalue weighted by Crippen LogP contribution is 2.37. The van der Waals surface area contributed by atoms with E-state index in [1.165, 1.54) is 29.3 Å². The molecule has 1 aliphatic rings. The monoisotopic (exact) mass is 311 g/mol. The molecule has 2 rings (SSSR count). The first-order valence-electron chi connectivity index (χ1n) is 6.77. The summed E-state index contributed by atoms with van der Waals surface area (Å²) >= 11 is 3.54. The van der Waals surface area contributed by atoms with Gasteiger partial charge in [-0.3, -0.25) is 0 Å². The number of methoxy groups -OCH3 is 1. The van der Waals surface area contributed by atoms with Gasteiger partial charge in [0.15, 0.2) is 0 Å². The molecule has 18 heavy (non-hydrogen) atoms. The molecule has 1 aromatic rings. The summed E-state index contributed by atoms with van der Waals surface area (Å²) in [5, 5.41) is 3.63. The van der Waals surface area contributed by atoms with Gasteiger partial charge in [0, 0.05) is 24.2 Å². The molecule has 1 aliphatic carbocycles. The number of benzene rings is 1. The first kappa shape index (κ1) is 14.0. The first-order chi connectivity index (χ1) is 8.79. The first-order valence-corrected chi connectivity index (χ1v) is 7.56. The molecule has 1 aromatic carbocycles. The Balaban J connectivity index is 1.62. The SMILES string of the molecule is COCCCCNC1CC(c2cccc(Br)c2)C1. The molecule has 1 saturated carbocycles. The number of nitrogens with one attached hydrogen (secondary N) is 1. The summed E-state index contributed by atoms with van der Waals surface area (Å²) in [5.41, 5.74) is 1.47. The van der Waals surface area contributed by atoms with Crippen molar-refractivity contribution < 1.29 is 4.74 Å². The molecule has 0 radical (unpaired) electrons. The van der Waals surface area contributed by atoms with E-state index in [9.17, 15) is 0 Å². The van der Waals surface area contributed by atoms with E-state index in [-0.39, 0.29) is 0 Å². The van der Waals surface area contributed by atoms with E-state index in [2.05, 4.69) is 45.5 Å². The minimum absolute atomic E-state index is 0.719. The Bertz CT molecular complexity index is 363. The summed E-state index contributed by atoms with van der Waals surface area (Å²) in [6, 6.07) is 9.43. The minimum Gasteiger partial charge on any atom is -0.385 e. The zero-order valence-electron chi connectivity index (χ0n) is 11.0. The van der Waals surface area contributed by atoms with E-state index in [0.717, 1.165) is 31.5 Å². The second-order valence-corrected chi connectivity index (χ2v) is 5.99. The molecule has 0 aromatic heterocycles. The van der Waals surface area contributed by atoms with Gasteiger partial charge in [-0.05, 0) is 55.8 Å². The maximum atomic E-state index is 5.04. The predicted octanol–water partition coefficient (Wildman–Crippen LogP) is 3.71. The lowest BCUT2D eigenvalue weighted by Crippen LogP contribution is -2.40. The average molecular weight is 312 g/mol. The van der Waals surface area contributed by atoms with Crippen LogP contribution in [0.5, 0.6) is 0 Å². The molecule has 0 spiro atoms. The second-order valence-electron chi connectivity index (χ2n) is 5.07. The lowest BCUT2D eigenvalue weighted by Gasteiger charge is -2.36. The van der Waals surface area contributed by atoms with Gasteiger partial charge in [0.05, 0.1) is 0 Å². The molecule has 1 N–H and O–H groups in total. The summed E-state index contributed by atoms with van der Waals surface area (Å²) in [4.78, 5) is 0. The van der Waals surface area contributed by atoms with E-state index in [1.54, 1.807) is 7.11 Å². The third kappa shape index (κ3) is 4.08. The number of hydrogen-bond acceptors (Lipinski definition) is 2. The van der Waals surface area contributed by atoms with E-state index in [0.29, 0.717) is 0 Å². The van der Waals surface area contributed by atoms with Crippen molar-refractivity contribution in [2.75, 3.05) is 20.3 Å². The highest BCUT2D eigenvalue weighted by molar-refractivity contribution is 9.10. The Morgan fingerprint density at radius 2 is 2.17 bits per heavy atom. The Hall–Kier alpha value is -0.380. The van der Waals surface area contributed by atoms with Crippen molar-refractivity contribution in [1.29, 1.82) is 0 Å². The molecular weight excluding hydrogens is 290 g/mol. The van der Waals surface area contributed by atoms with Crippen molar-refractivity contribution in [2.45, 2.75) is 37.6 Å². The fourth-order valence-corrected chi connectivity index (χ4v) is 2.91. The van der Waals surface area contributed by atoms with Crippen molar-refractivity contribution in [3.63, 3.8) is 0 Å². The maximum Gasteiger partial charge on any atom is 0.0462 e. The topological polar surface area (TPSA) is 21.3 Å². The molecule has 0 bridgehead atoms. The van der Waals surface area contributed by atoms with Crippen LogP contribution in [0.25, 0.3) is 0 Å². The summed E-state index contributed by atoms with van der Waals surface area (Å²) < 4.78 is 6.23. The van der Waals surface area contributed by atoms with E-state index in [4.69, 9.17) is 4.74 Å². The number of rotatable bonds is 7. The number of unbranched alkanes of at least 4 members (excludes halogenated alkanes) is 1. The molecule has 0 unspecified atom stereocenters. The third-order valence-electron chi connectivity index (χ3n) is 3.67. The summed E-state index contributed by atoms with van der Waals surface area (Å²) in [6.07, 6.45) is 4.93. The summed E-state index contributed by atoms with van der Waals surface area (Å²) in [5.74, 6) is 0.749. The molecule has 3 heteroatoms. The van der Waals surface area contributed by atoms with Gasteiger partial charge in [-0.1, -0.05) is 28.1 Å². The number of hydrogen-bond donors (Lipinski definition) is 1. The Labute approximate surface area is 118 Å². The van der Waals surface area contributed by atoms with Crippen LogP contribution < -0.4 is 5.32 Å². The molecule has 0 atom stereocenters. The smallest absolute Gasteiger partial charge is 0.0462 e. The van der Waals surface area contributed by atoms with E-state index < -0.39 is 0 Å². The van der Waals surface area contributed by atoms with Crippen molar-refractivity contribution in [2.24, 2.45) is 0 Å². The molecule has 0 aliphatic heterocycles. The van der Waals surface area contributed by atoms with E-state index >= 15 is 0 Å². The van der Waals surface area contributed by atoms with Gasteiger partial charge in [-0.25, -0.2) is 0 Å². The van der Waals surface area contributed by atoms with E-state index in [1.807, 2.05) is 0 Å². The second kappa shape index (κ2) is 7.27. The van der Waals surface area contributed by atoms with Gasteiger partial charge >= 0.3 is 0 Å². The standard InChI is InChI=1S/C15H22BrNO/c1-18-8-3-2-7-17-15-10-13(11-15)12-5-4-6-14(16)9-12/h4-6,9,13,15,17H,2-3,7-8,10-11H2,1H3. The fraction of sp³-hybridized carbons (Fsp3) is 0.600. The summed E-state index contributed by atoms with van der Waals surface area (Å²) in [7, 11) is 1.77. The van der Waals surface area contributed by atoms with Crippen molar-refractivity contribution in [1.82, 2.24) is 5.32 Å². The average Bonchev–Trinajstić information content (AvgIpc) is 2.31. The molecule has 0 amide bonds.